The Kier molecular flexibility index (Phi) is 4.21. The number of carbonyl (C=O) groups excluding carboxylic acids is 1. The van der Waals surface area contributed by atoms with Crippen molar-refractivity contribution < 1.29 is 4.79 Å². The number of amides is 1. The fraction of sp³-hybridized carbons (Fsp3) is 0.500. The molecule has 0 atom stereocenters. The maximum absolute atomic E-state index is 12.2. The van der Waals surface area contributed by atoms with Crippen LogP contribution in [0.25, 0.3) is 0 Å². The first kappa shape index (κ1) is 13.6. The van der Waals surface area contributed by atoms with Crippen LogP contribution in [0, 0.1) is 11.3 Å². The maximum atomic E-state index is 12.2. The molecule has 0 unspecified atom stereocenters. The third-order valence-electron chi connectivity index (χ3n) is 3.90. The lowest BCUT2D eigenvalue weighted by atomic mass is 9.82. The van der Waals surface area contributed by atoms with Gasteiger partial charge in [0.25, 0.3) is 5.91 Å². The Labute approximate surface area is 114 Å². The minimum Gasteiger partial charge on any atom is -0.334 e. The molecule has 0 aliphatic heterocycles. The minimum absolute atomic E-state index is 0.133. The van der Waals surface area contributed by atoms with Crippen LogP contribution in [0.3, 0.4) is 0 Å². The van der Waals surface area contributed by atoms with Crippen molar-refractivity contribution in [3.05, 3.63) is 35.4 Å². The van der Waals surface area contributed by atoms with E-state index in [1.165, 1.54) is 5.56 Å². The van der Waals surface area contributed by atoms with Crippen LogP contribution in [-0.4, -0.2) is 11.4 Å². The summed E-state index contributed by atoms with van der Waals surface area (Å²) in [6.07, 6.45) is 5.68. The first-order valence-corrected chi connectivity index (χ1v) is 7.02. The minimum atomic E-state index is -0.654. The van der Waals surface area contributed by atoms with Crippen molar-refractivity contribution in [2.75, 3.05) is 0 Å². The summed E-state index contributed by atoms with van der Waals surface area (Å²) >= 11 is 0. The monoisotopic (exact) mass is 256 g/mol. The molecule has 1 amide bonds. The molecule has 1 N–H and O–H groups in total. The first-order chi connectivity index (χ1) is 9.19. The predicted molar refractivity (Wildman–Crippen MR) is 74.7 cm³/mol. The molecule has 0 radical (unpaired) electrons. The molecule has 2 rings (SSSR count). The summed E-state index contributed by atoms with van der Waals surface area (Å²) in [5.74, 6) is -0.133. The van der Waals surface area contributed by atoms with Gasteiger partial charge in [0.1, 0.15) is 5.54 Å². The van der Waals surface area contributed by atoms with Crippen LogP contribution in [0.1, 0.15) is 54.9 Å². The van der Waals surface area contributed by atoms with E-state index in [0.29, 0.717) is 5.56 Å². The van der Waals surface area contributed by atoms with E-state index >= 15 is 0 Å². The molecule has 3 heteroatoms. The zero-order valence-corrected chi connectivity index (χ0v) is 11.4. The Balaban J connectivity index is 2.08. The molecule has 19 heavy (non-hydrogen) atoms. The second kappa shape index (κ2) is 5.88. The van der Waals surface area contributed by atoms with Gasteiger partial charge in [-0.1, -0.05) is 38.3 Å². The number of aryl methyl sites for hydroxylation is 1. The van der Waals surface area contributed by atoms with Crippen LogP contribution < -0.4 is 5.32 Å². The highest BCUT2D eigenvalue weighted by Crippen LogP contribution is 2.27. The van der Waals surface area contributed by atoms with Gasteiger partial charge in [0.05, 0.1) is 6.07 Å². The zero-order chi connectivity index (χ0) is 13.7. The Morgan fingerprint density at radius 1 is 1.26 bits per heavy atom. The average molecular weight is 256 g/mol. The molecule has 0 saturated heterocycles. The van der Waals surface area contributed by atoms with Gasteiger partial charge in [-0.2, -0.15) is 5.26 Å². The summed E-state index contributed by atoms with van der Waals surface area (Å²) < 4.78 is 0. The van der Waals surface area contributed by atoms with Gasteiger partial charge in [0.15, 0.2) is 0 Å². The molecule has 1 saturated carbocycles. The fourth-order valence-corrected chi connectivity index (χ4v) is 2.60. The molecule has 0 aromatic heterocycles. The van der Waals surface area contributed by atoms with Gasteiger partial charge in [-0.3, -0.25) is 4.79 Å². The Morgan fingerprint density at radius 3 is 2.42 bits per heavy atom. The molecule has 1 aliphatic carbocycles. The predicted octanol–water partition coefficient (Wildman–Crippen LogP) is 3.21. The molecule has 0 spiro atoms. The summed E-state index contributed by atoms with van der Waals surface area (Å²) in [5.41, 5.74) is 1.19. The van der Waals surface area contributed by atoms with E-state index in [9.17, 15) is 10.1 Å². The maximum Gasteiger partial charge on any atom is 0.252 e. The van der Waals surface area contributed by atoms with E-state index in [0.717, 1.165) is 38.5 Å². The number of benzene rings is 1. The summed E-state index contributed by atoms with van der Waals surface area (Å²) in [6.45, 7) is 2.09. The highest BCUT2D eigenvalue weighted by molar-refractivity contribution is 5.95. The van der Waals surface area contributed by atoms with E-state index in [4.69, 9.17) is 0 Å². The summed E-state index contributed by atoms with van der Waals surface area (Å²) in [4.78, 5) is 12.2. The SMILES string of the molecule is CCc1ccc(C(=O)NC2(C#N)CCCCC2)cc1. The number of nitrogens with zero attached hydrogens (tertiary/aromatic N) is 1. The molecule has 1 aromatic carbocycles. The molecule has 1 fully saturated rings. The van der Waals surface area contributed by atoms with Gasteiger partial charge in [0.2, 0.25) is 0 Å². The standard InChI is InChI=1S/C16H20N2O/c1-2-13-6-8-14(9-7-13)15(19)18-16(12-17)10-4-3-5-11-16/h6-9H,2-5,10-11H2,1H3,(H,18,19). The normalized spacial score (nSPS) is 17.5. The first-order valence-electron chi connectivity index (χ1n) is 7.02. The lowest BCUT2D eigenvalue weighted by Gasteiger charge is -2.31. The van der Waals surface area contributed by atoms with E-state index in [2.05, 4.69) is 18.3 Å². The number of carbonyl (C=O) groups is 1. The molecule has 1 aromatic rings. The van der Waals surface area contributed by atoms with Crippen LogP contribution in [0.2, 0.25) is 0 Å². The van der Waals surface area contributed by atoms with Crippen LogP contribution in [0.15, 0.2) is 24.3 Å². The van der Waals surface area contributed by atoms with E-state index in [1.807, 2.05) is 24.3 Å². The van der Waals surface area contributed by atoms with Crippen molar-refractivity contribution in [3.8, 4) is 6.07 Å². The highest BCUT2D eigenvalue weighted by Gasteiger charge is 2.33. The van der Waals surface area contributed by atoms with Gasteiger partial charge < -0.3 is 5.32 Å². The summed E-state index contributed by atoms with van der Waals surface area (Å²) in [5, 5.41) is 12.3. The van der Waals surface area contributed by atoms with Crippen LogP contribution >= 0.6 is 0 Å². The quantitative estimate of drug-likeness (QED) is 0.902. The van der Waals surface area contributed by atoms with E-state index in [-0.39, 0.29) is 5.91 Å². The Morgan fingerprint density at radius 2 is 1.89 bits per heavy atom. The zero-order valence-electron chi connectivity index (χ0n) is 11.4. The number of nitrogens with one attached hydrogen (secondary N) is 1. The van der Waals surface area contributed by atoms with Crippen molar-refractivity contribution in [1.29, 1.82) is 5.26 Å². The topological polar surface area (TPSA) is 52.9 Å². The fourth-order valence-electron chi connectivity index (χ4n) is 2.60. The second-order valence-corrected chi connectivity index (χ2v) is 5.26. The molecular formula is C16H20N2O. The lowest BCUT2D eigenvalue weighted by molar-refractivity contribution is 0.0902. The average Bonchev–Trinajstić information content (AvgIpc) is 2.48. The number of hydrogen-bond donors (Lipinski definition) is 1. The van der Waals surface area contributed by atoms with Gasteiger partial charge >= 0.3 is 0 Å². The van der Waals surface area contributed by atoms with Crippen molar-refractivity contribution in [2.45, 2.75) is 51.0 Å². The van der Waals surface area contributed by atoms with E-state index < -0.39 is 5.54 Å². The van der Waals surface area contributed by atoms with Gasteiger partial charge in [-0.25, -0.2) is 0 Å². The van der Waals surface area contributed by atoms with Gasteiger partial charge in [-0.05, 0) is 37.0 Å². The number of nitriles is 1. The van der Waals surface area contributed by atoms with Gasteiger partial charge in [0, 0.05) is 5.56 Å². The third kappa shape index (κ3) is 3.14. The smallest absolute Gasteiger partial charge is 0.252 e. The molecule has 1 aliphatic rings. The van der Waals surface area contributed by atoms with Crippen molar-refractivity contribution >= 4 is 5.91 Å². The van der Waals surface area contributed by atoms with Crippen molar-refractivity contribution in [3.63, 3.8) is 0 Å². The van der Waals surface area contributed by atoms with Crippen molar-refractivity contribution in [2.24, 2.45) is 0 Å². The third-order valence-corrected chi connectivity index (χ3v) is 3.90. The number of rotatable bonds is 3. The highest BCUT2D eigenvalue weighted by atomic mass is 16.1. The number of hydrogen-bond acceptors (Lipinski definition) is 2. The second-order valence-electron chi connectivity index (χ2n) is 5.26. The molecule has 3 nitrogen and oxygen atoms in total. The van der Waals surface area contributed by atoms with Crippen LogP contribution in [-0.2, 0) is 6.42 Å². The van der Waals surface area contributed by atoms with Gasteiger partial charge in [-0.15, -0.1) is 0 Å². The van der Waals surface area contributed by atoms with Crippen LogP contribution in [0.5, 0.6) is 0 Å². The lowest BCUT2D eigenvalue weighted by Crippen LogP contribution is -2.48. The van der Waals surface area contributed by atoms with E-state index in [1.54, 1.807) is 0 Å². The summed E-state index contributed by atoms with van der Waals surface area (Å²) in [7, 11) is 0. The molecule has 100 valence electrons. The molecular weight excluding hydrogens is 236 g/mol. The van der Waals surface area contributed by atoms with Crippen molar-refractivity contribution in [1.82, 2.24) is 5.32 Å². The summed E-state index contributed by atoms with van der Waals surface area (Å²) in [6, 6.07) is 9.91. The molecule has 0 heterocycles. The largest absolute Gasteiger partial charge is 0.334 e. The van der Waals surface area contributed by atoms with Crippen LogP contribution in [0.4, 0.5) is 0 Å². The Hall–Kier alpha value is -1.82. The molecule has 0 bridgehead atoms. The Bertz CT molecular complexity index is 478.